The number of anilines is 1. The molecule has 1 N–H and O–H groups in total. The summed E-state index contributed by atoms with van der Waals surface area (Å²) >= 11 is 2.02. The minimum Gasteiger partial charge on any atom is -0.489 e. The molecule has 0 radical (unpaired) electrons. The summed E-state index contributed by atoms with van der Waals surface area (Å²) in [6.07, 6.45) is -4.64. The van der Waals surface area contributed by atoms with E-state index in [0.717, 1.165) is 51.3 Å². The standard InChI is InChI=1S/C29H21F3N2O4S2/c1-15-6-4-7-16(12-15)14-38-20-11-3-2-10-19(20)21-22-24(39-25-23(21)40-28(37)33-25)27(36)34(26(22)35)18-9-5-8-17(13-18)29(30,31)32/h2-13,21-22,24H,14H2,1H3,(H,33,37)/t21-,22?,24?/m1/s1. The van der Waals surface area contributed by atoms with Gasteiger partial charge in [-0.1, -0.05) is 77.2 Å². The van der Waals surface area contributed by atoms with Crippen molar-refractivity contribution in [2.75, 3.05) is 4.90 Å². The van der Waals surface area contributed by atoms with Gasteiger partial charge in [0.15, 0.2) is 0 Å². The van der Waals surface area contributed by atoms with Crippen LogP contribution < -0.4 is 14.5 Å². The van der Waals surface area contributed by atoms with Crippen LogP contribution in [0.3, 0.4) is 0 Å². The number of aromatic nitrogens is 1. The summed E-state index contributed by atoms with van der Waals surface area (Å²) in [7, 11) is 0. The number of carbonyl (C=O) groups excluding carboxylic acids is 2. The fraction of sp³-hybridized carbons (Fsp3) is 0.207. The van der Waals surface area contributed by atoms with Gasteiger partial charge in [0.05, 0.1) is 22.2 Å². The van der Waals surface area contributed by atoms with Crippen molar-refractivity contribution in [2.24, 2.45) is 5.92 Å². The molecule has 2 amide bonds. The number of aromatic amines is 1. The Bertz CT molecular complexity index is 1700. The SMILES string of the molecule is Cc1cccc(COc2ccccc2[C@H]2c3sc(=O)[nH]c3SC3C(=O)N(c4cccc(C(F)(F)F)c4)C(=O)C32)c1. The van der Waals surface area contributed by atoms with E-state index in [1.54, 1.807) is 24.3 Å². The van der Waals surface area contributed by atoms with Crippen molar-refractivity contribution in [1.29, 1.82) is 0 Å². The number of halogens is 3. The number of benzene rings is 3. The Morgan fingerprint density at radius 3 is 2.50 bits per heavy atom. The number of thiazole rings is 1. The number of thioether (sulfide) groups is 1. The summed E-state index contributed by atoms with van der Waals surface area (Å²) in [6.45, 7) is 2.24. The molecule has 1 saturated heterocycles. The number of rotatable bonds is 5. The molecular weight excluding hydrogens is 561 g/mol. The molecule has 2 aliphatic heterocycles. The summed E-state index contributed by atoms with van der Waals surface area (Å²) in [6, 6.07) is 19.2. The molecule has 0 spiro atoms. The van der Waals surface area contributed by atoms with E-state index in [4.69, 9.17) is 4.74 Å². The van der Waals surface area contributed by atoms with Gasteiger partial charge in [-0.05, 0) is 36.8 Å². The molecule has 6 rings (SSSR count). The van der Waals surface area contributed by atoms with Crippen LogP contribution in [0.2, 0.25) is 0 Å². The smallest absolute Gasteiger partial charge is 0.416 e. The van der Waals surface area contributed by atoms with E-state index in [9.17, 15) is 27.6 Å². The topological polar surface area (TPSA) is 79.5 Å². The number of nitrogens with zero attached hydrogens (tertiary/aromatic N) is 1. The van der Waals surface area contributed by atoms with E-state index < -0.39 is 40.6 Å². The van der Waals surface area contributed by atoms with Gasteiger partial charge in [0.2, 0.25) is 11.8 Å². The molecule has 1 aromatic heterocycles. The van der Waals surface area contributed by atoms with Gasteiger partial charge in [-0.25, -0.2) is 4.90 Å². The van der Waals surface area contributed by atoms with Crippen LogP contribution in [0, 0.1) is 12.8 Å². The van der Waals surface area contributed by atoms with E-state index >= 15 is 0 Å². The first-order chi connectivity index (χ1) is 19.1. The highest BCUT2D eigenvalue weighted by atomic mass is 32.2. The summed E-state index contributed by atoms with van der Waals surface area (Å²) in [4.78, 5) is 43.8. The van der Waals surface area contributed by atoms with Crippen LogP contribution in [-0.2, 0) is 22.4 Å². The Balaban J connectivity index is 1.42. The zero-order valence-corrected chi connectivity index (χ0v) is 22.5. The lowest BCUT2D eigenvalue weighted by molar-refractivity contribution is -0.137. The van der Waals surface area contributed by atoms with E-state index in [1.807, 2.05) is 31.2 Å². The molecule has 0 aliphatic carbocycles. The number of fused-ring (bicyclic) bond motifs is 2. The summed E-state index contributed by atoms with van der Waals surface area (Å²) in [5, 5.41) is -0.462. The number of aryl methyl sites for hydroxylation is 1. The summed E-state index contributed by atoms with van der Waals surface area (Å²) in [5.41, 5.74) is 1.55. The Morgan fingerprint density at radius 2 is 1.73 bits per heavy atom. The molecule has 11 heteroatoms. The van der Waals surface area contributed by atoms with Crippen LogP contribution in [0.25, 0.3) is 0 Å². The molecule has 0 bridgehead atoms. The van der Waals surface area contributed by atoms with Crippen LogP contribution in [0.1, 0.15) is 33.0 Å². The third-order valence-electron chi connectivity index (χ3n) is 6.99. The molecule has 2 aliphatic rings. The highest BCUT2D eigenvalue weighted by Crippen LogP contribution is 2.54. The van der Waals surface area contributed by atoms with Crippen molar-refractivity contribution in [1.82, 2.24) is 4.98 Å². The summed E-state index contributed by atoms with van der Waals surface area (Å²) in [5.74, 6) is -2.42. The molecule has 3 atom stereocenters. The largest absolute Gasteiger partial charge is 0.489 e. The maximum absolute atomic E-state index is 13.9. The number of hydrogen-bond acceptors (Lipinski definition) is 6. The highest BCUT2D eigenvalue weighted by molar-refractivity contribution is 8.00. The third kappa shape index (κ3) is 4.62. The van der Waals surface area contributed by atoms with Crippen molar-refractivity contribution in [3.05, 3.63) is 110 Å². The van der Waals surface area contributed by atoms with E-state index in [-0.39, 0.29) is 17.2 Å². The fourth-order valence-electron chi connectivity index (χ4n) is 5.26. The maximum Gasteiger partial charge on any atom is 0.416 e. The lowest BCUT2D eigenvalue weighted by atomic mass is 9.82. The minimum absolute atomic E-state index is 0.139. The van der Waals surface area contributed by atoms with E-state index in [2.05, 4.69) is 4.98 Å². The molecule has 3 aromatic carbocycles. The second-order valence-electron chi connectivity index (χ2n) is 9.63. The number of para-hydroxylation sites is 1. The monoisotopic (exact) mass is 582 g/mol. The van der Waals surface area contributed by atoms with Gasteiger partial charge in [-0.3, -0.25) is 14.4 Å². The highest BCUT2D eigenvalue weighted by Gasteiger charge is 2.57. The molecule has 40 heavy (non-hydrogen) atoms. The predicted molar refractivity (Wildman–Crippen MR) is 146 cm³/mol. The zero-order valence-electron chi connectivity index (χ0n) is 20.9. The van der Waals surface area contributed by atoms with Crippen LogP contribution in [0.15, 0.2) is 82.6 Å². The number of ether oxygens (including phenoxy) is 1. The lowest BCUT2D eigenvalue weighted by Crippen LogP contribution is -2.32. The Kier molecular flexibility index (Phi) is 6.58. The predicted octanol–water partition coefficient (Wildman–Crippen LogP) is 6.14. The molecule has 3 heterocycles. The molecule has 4 aromatic rings. The number of hydrogen-bond donors (Lipinski definition) is 1. The van der Waals surface area contributed by atoms with Crippen LogP contribution in [0.4, 0.5) is 18.9 Å². The second kappa shape index (κ2) is 9.97. The fourth-order valence-corrected chi connectivity index (χ4v) is 7.77. The number of alkyl halides is 3. The molecule has 204 valence electrons. The van der Waals surface area contributed by atoms with Crippen LogP contribution >= 0.6 is 23.1 Å². The lowest BCUT2D eigenvalue weighted by Gasteiger charge is -2.30. The normalized spacial score (nSPS) is 20.4. The minimum atomic E-state index is -4.64. The number of imide groups is 1. The first-order valence-corrected chi connectivity index (χ1v) is 14.0. The Labute approximate surface area is 234 Å². The molecular formula is C29H21F3N2O4S2. The second-order valence-corrected chi connectivity index (χ2v) is 11.8. The Hall–Kier alpha value is -3.83. The molecule has 1 fully saturated rings. The van der Waals surface area contributed by atoms with Crippen molar-refractivity contribution in [3.8, 4) is 5.75 Å². The maximum atomic E-state index is 13.9. The van der Waals surface area contributed by atoms with E-state index in [0.29, 0.717) is 21.2 Å². The number of carbonyl (C=O) groups is 2. The van der Waals surface area contributed by atoms with Crippen LogP contribution in [-0.4, -0.2) is 22.0 Å². The van der Waals surface area contributed by atoms with Crippen molar-refractivity contribution in [2.45, 2.75) is 35.9 Å². The summed E-state index contributed by atoms with van der Waals surface area (Å²) < 4.78 is 46.5. The molecule has 2 unspecified atom stereocenters. The molecule has 6 nitrogen and oxygen atoms in total. The van der Waals surface area contributed by atoms with Crippen LogP contribution in [0.5, 0.6) is 5.75 Å². The number of amides is 2. The third-order valence-corrected chi connectivity index (χ3v) is 9.39. The number of H-pyrrole nitrogens is 1. The Morgan fingerprint density at radius 1 is 0.950 bits per heavy atom. The van der Waals surface area contributed by atoms with Gasteiger partial charge in [0.1, 0.15) is 17.6 Å². The average molecular weight is 583 g/mol. The van der Waals surface area contributed by atoms with Gasteiger partial charge in [-0.15, -0.1) is 0 Å². The van der Waals surface area contributed by atoms with Gasteiger partial charge in [0, 0.05) is 16.4 Å². The van der Waals surface area contributed by atoms with Gasteiger partial charge < -0.3 is 9.72 Å². The van der Waals surface area contributed by atoms with Gasteiger partial charge in [0.25, 0.3) is 0 Å². The van der Waals surface area contributed by atoms with Crippen molar-refractivity contribution in [3.63, 3.8) is 0 Å². The van der Waals surface area contributed by atoms with Gasteiger partial charge >= 0.3 is 11.0 Å². The average Bonchev–Trinajstić information content (AvgIpc) is 3.41. The van der Waals surface area contributed by atoms with Crippen molar-refractivity contribution >= 4 is 40.6 Å². The zero-order chi connectivity index (χ0) is 28.2. The quantitative estimate of drug-likeness (QED) is 0.286. The first-order valence-electron chi connectivity index (χ1n) is 12.3. The number of nitrogens with one attached hydrogen (secondary N) is 1. The first kappa shape index (κ1) is 26.4. The molecule has 0 saturated carbocycles. The van der Waals surface area contributed by atoms with E-state index in [1.165, 1.54) is 12.1 Å². The van der Waals surface area contributed by atoms with Crippen molar-refractivity contribution < 1.29 is 27.5 Å². The van der Waals surface area contributed by atoms with Gasteiger partial charge in [-0.2, -0.15) is 13.2 Å².